The minimum absolute atomic E-state index is 0.0399. The first kappa shape index (κ1) is 22.0. The van der Waals surface area contributed by atoms with Gasteiger partial charge in [-0.25, -0.2) is 4.98 Å². The van der Waals surface area contributed by atoms with Crippen molar-refractivity contribution in [3.63, 3.8) is 0 Å². The van der Waals surface area contributed by atoms with E-state index in [1.165, 1.54) is 11.1 Å². The molecule has 0 aliphatic carbocycles. The third kappa shape index (κ3) is 4.83. The first-order chi connectivity index (χ1) is 15.4. The number of hydrogen-bond donors (Lipinski definition) is 0. The first-order valence-corrected chi connectivity index (χ1v) is 11.7. The number of anilines is 1. The molecule has 0 aliphatic rings. The fraction of sp³-hybridized carbons (Fsp3) is 0.259. The minimum Gasteiger partial charge on any atom is -0.484 e. The Morgan fingerprint density at radius 3 is 2.31 bits per heavy atom. The number of aromatic nitrogens is 1. The Morgan fingerprint density at radius 1 is 0.969 bits per heavy atom. The number of benzene rings is 3. The molecule has 0 aliphatic heterocycles. The van der Waals surface area contributed by atoms with Gasteiger partial charge in [-0.1, -0.05) is 79.8 Å². The Kier molecular flexibility index (Phi) is 6.56. The lowest BCUT2D eigenvalue weighted by atomic mass is 10.0. The fourth-order valence-electron chi connectivity index (χ4n) is 3.56. The van der Waals surface area contributed by atoms with Crippen molar-refractivity contribution in [1.82, 2.24) is 4.98 Å². The Balaban J connectivity index is 1.60. The molecule has 0 N–H and O–H groups in total. The lowest BCUT2D eigenvalue weighted by molar-refractivity contribution is -0.120. The molecular weight excluding hydrogens is 416 g/mol. The molecule has 4 nitrogen and oxygen atoms in total. The van der Waals surface area contributed by atoms with Gasteiger partial charge >= 0.3 is 0 Å². The molecule has 1 amide bonds. The highest BCUT2D eigenvalue weighted by molar-refractivity contribution is 7.22. The van der Waals surface area contributed by atoms with E-state index < -0.39 is 0 Å². The van der Waals surface area contributed by atoms with Crippen LogP contribution >= 0.6 is 11.3 Å². The summed E-state index contributed by atoms with van der Waals surface area (Å²) in [4.78, 5) is 19.9. The molecule has 4 rings (SSSR count). The summed E-state index contributed by atoms with van der Waals surface area (Å²) in [5, 5.41) is 0.699. The second-order valence-electron chi connectivity index (χ2n) is 8.35. The number of hydrogen-bond acceptors (Lipinski definition) is 4. The van der Waals surface area contributed by atoms with E-state index in [1.54, 1.807) is 16.2 Å². The SMILES string of the molecule is Cc1ccc(C)c2sc(N(Cc3ccccc3)C(=O)COc3ccc(C(C)C)cc3)nc12. The van der Waals surface area contributed by atoms with Crippen LogP contribution in [0.15, 0.2) is 66.7 Å². The van der Waals surface area contributed by atoms with Crippen molar-refractivity contribution in [2.45, 2.75) is 40.2 Å². The first-order valence-electron chi connectivity index (χ1n) is 10.9. The number of ether oxygens (including phenoxy) is 1. The van der Waals surface area contributed by atoms with Crippen molar-refractivity contribution in [2.24, 2.45) is 0 Å². The van der Waals surface area contributed by atoms with Crippen LogP contribution in [0.4, 0.5) is 5.13 Å². The second kappa shape index (κ2) is 9.53. The highest BCUT2D eigenvalue weighted by Crippen LogP contribution is 2.34. The van der Waals surface area contributed by atoms with Crippen LogP contribution in [0.5, 0.6) is 5.75 Å². The molecule has 0 bridgehead atoms. The van der Waals surface area contributed by atoms with Crippen molar-refractivity contribution >= 4 is 32.6 Å². The van der Waals surface area contributed by atoms with Gasteiger partial charge in [0.05, 0.1) is 16.8 Å². The average molecular weight is 445 g/mol. The summed E-state index contributed by atoms with van der Waals surface area (Å²) >= 11 is 1.56. The van der Waals surface area contributed by atoms with E-state index in [1.807, 2.05) is 54.6 Å². The molecule has 5 heteroatoms. The summed E-state index contributed by atoms with van der Waals surface area (Å²) in [6, 6.07) is 22.1. The number of fused-ring (bicyclic) bond motifs is 1. The van der Waals surface area contributed by atoms with E-state index in [9.17, 15) is 4.79 Å². The van der Waals surface area contributed by atoms with Crippen LogP contribution in [0.1, 0.15) is 42.0 Å². The van der Waals surface area contributed by atoms with Crippen molar-refractivity contribution in [3.05, 3.63) is 89.0 Å². The van der Waals surface area contributed by atoms with Crippen LogP contribution in [0, 0.1) is 13.8 Å². The molecule has 0 saturated carbocycles. The lowest BCUT2D eigenvalue weighted by Crippen LogP contribution is -2.34. The maximum absolute atomic E-state index is 13.3. The van der Waals surface area contributed by atoms with Crippen LogP contribution in [-0.4, -0.2) is 17.5 Å². The van der Waals surface area contributed by atoms with Gasteiger partial charge in [-0.05, 0) is 54.2 Å². The van der Waals surface area contributed by atoms with Crippen molar-refractivity contribution in [3.8, 4) is 5.75 Å². The fourth-order valence-corrected chi connectivity index (χ4v) is 4.69. The van der Waals surface area contributed by atoms with Gasteiger partial charge in [-0.15, -0.1) is 0 Å². The molecule has 0 fully saturated rings. The lowest BCUT2D eigenvalue weighted by Gasteiger charge is -2.20. The predicted octanol–water partition coefficient (Wildman–Crippen LogP) is 6.65. The van der Waals surface area contributed by atoms with Gasteiger partial charge in [0.15, 0.2) is 11.7 Å². The van der Waals surface area contributed by atoms with E-state index >= 15 is 0 Å². The molecule has 1 aromatic heterocycles. The van der Waals surface area contributed by atoms with E-state index in [2.05, 4.69) is 39.8 Å². The monoisotopic (exact) mass is 444 g/mol. The Morgan fingerprint density at radius 2 is 1.66 bits per heavy atom. The van der Waals surface area contributed by atoms with Crippen LogP contribution in [-0.2, 0) is 11.3 Å². The minimum atomic E-state index is -0.115. The molecule has 3 aromatic carbocycles. The van der Waals surface area contributed by atoms with Gasteiger partial charge < -0.3 is 4.74 Å². The van der Waals surface area contributed by atoms with Gasteiger partial charge in [0.25, 0.3) is 5.91 Å². The van der Waals surface area contributed by atoms with Gasteiger partial charge in [0, 0.05) is 0 Å². The smallest absolute Gasteiger partial charge is 0.267 e. The van der Waals surface area contributed by atoms with E-state index in [-0.39, 0.29) is 12.5 Å². The molecule has 32 heavy (non-hydrogen) atoms. The largest absolute Gasteiger partial charge is 0.484 e. The zero-order valence-electron chi connectivity index (χ0n) is 19.0. The molecule has 1 heterocycles. The Bertz CT molecular complexity index is 1170. The van der Waals surface area contributed by atoms with Crippen LogP contribution in [0.3, 0.4) is 0 Å². The van der Waals surface area contributed by atoms with Gasteiger partial charge in [0.2, 0.25) is 0 Å². The van der Waals surface area contributed by atoms with E-state index in [4.69, 9.17) is 9.72 Å². The quantitative estimate of drug-likeness (QED) is 0.320. The van der Waals surface area contributed by atoms with Gasteiger partial charge in [-0.3, -0.25) is 9.69 Å². The topological polar surface area (TPSA) is 42.4 Å². The number of nitrogens with zero attached hydrogens (tertiary/aromatic N) is 2. The summed E-state index contributed by atoms with van der Waals surface area (Å²) in [6.07, 6.45) is 0. The molecule has 0 saturated heterocycles. The molecule has 164 valence electrons. The predicted molar refractivity (Wildman–Crippen MR) is 133 cm³/mol. The summed E-state index contributed by atoms with van der Waals surface area (Å²) in [6.45, 7) is 8.86. The zero-order chi connectivity index (χ0) is 22.7. The number of carbonyl (C=O) groups is 1. The molecular formula is C27H28N2O2S. The van der Waals surface area contributed by atoms with Crippen LogP contribution < -0.4 is 9.64 Å². The van der Waals surface area contributed by atoms with E-state index in [0.717, 1.165) is 21.3 Å². The van der Waals surface area contributed by atoms with Crippen molar-refractivity contribution < 1.29 is 9.53 Å². The normalized spacial score (nSPS) is 11.2. The standard InChI is InChI=1S/C27H28N2O2S/c1-18(2)22-12-14-23(15-13-22)31-17-24(30)29(16-21-8-6-5-7-9-21)27-28-25-19(3)10-11-20(4)26(25)32-27/h5-15,18H,16-17H2,1-4H3. The Hall–Kier alpha value is -3.18. The maximum Gasteiger partial charge on any atom is 0.267 e. The highest BCUT2D eigenvalue weighted by Gasteiger charge is 2.22. The van der Waals surface area contributed by atoms with Crippen LogP contribution in [0.2, 0.25) is 0 Å². The summed E-state index contributed by atoms with van der Waals surface area (Å²) in [5.41, 5.74) is 5.54. The van der Waals surface area contributed by atoms with Crippen molar-refractivity contribution in [1.29, 1.82) is 0 Å². The summed E-state index contributed by atoms with van der Waals surface area (Å²) < 4.78 is 6.97. The number of carbonyl (C=O) groups excluding carboxylic acids is 1. The summed E-state index contributed by atoms with van der Waals surface area (Å²) in [7, 11) is 0. The molecule has 0 spiro atoms. The highest BCUT2D eigenvalue weighted by atomic mass is 32.1. The number of rotatable bonds is 7. The van der Waals surface area contributed by atoms with E-state index in [0.29, 0.717) is 23.3 Å². The molecule has 4 aromatic rings. The summed E-state index contributed by atoms with van der Waals surface area (Å²) in [5.74, 6) is 1.03. The number of aryl methyl sites for hydroxylation is 2. The van der Waals surface area contributed by atoms with Gasteiger partial charge in [0.1, 0.15) is 5.75 Å². The third-order valence-corrected chi connectivity index (χ3v) is 6.77. The Labute approximate surface area is 193 Å². The second-order valence-corrected chi connectivity index (χ2v) is 9.33. The molecule has 0 atom stereocenters. The number of thiazole rings is 1. The van der Waals surface area contributed by atoms with Crippen molar-refractivity contribution in [2.75, 3.05) is 11.5 Å². The third-order valence-electron chi connectivity index (χ3n) is 5.56. The average Bonchev–Trinajstić information content (AvgIpc) is 3.26. The molecule has 0 radical (unpaired) electrons. The zero-order valence-corrected chi connectivity index (χ0v) is 19.8. The number of amides is 1. The maximum atomic E-state index is 13.3. The molecule has 0 unspecified atom stereocenters. The van der Waals surface area contributed by atoms with Gasteiger partial charge in [-0.2, -0.15) is 0 Å². The van der Waals surface area contributed by atoms with Crippen LogP contribution in [0.25, 0.3) is 10.2 Å².